The van der Waals surface area contributed by atoms with Crippen LogP contribution in [0.1, 0.15) is 17.7 Å². The number of pyridine rings is 1. The maximum atomic E-state index is 11.9. The molecular formula is C13H16N2O4. The summed E-state index contributed by atoms with van der Waals surface area (Å²) in [6.07, 6.45) is 2.02. The van der Waals surface area contributed by atoms with Gasteiger partial charge in [0.15, 0.2) is 5.54 Å². The molecule has 0 aromatic carbocycles. The van der Waals surface area contributed by atoms with Gasteiger partial charge in [0.05, 0.1) is 13.0 Å². The molecule has 1 unspecified atom stereocenters. The predicted molar refractivity (Wildman–Crippen MR) is 66.6 cm³/mol. The molecule has 2 heterocycles. The van der Waals surface area contributed by atoms with Crippen molar-refractivity contribution in [1.29, 1.82) is 0 Å². The first kappa shape index (κ1) is 13.5. The zero-order chi connectivity index (χ0) is 13.9. The van der Waals surface area contributed by atoms with Crippen molar-refractivity contribution < 1.29 is 19.4 Å². The van der Waals surface area contributed by atoms with Gasteiger partial charge in [-0.3, -0.25) is 9.78 Å². The van der Waals surface area contributed by atoms with Crippen LogP contribution in [0, 0.1) is 6.92 Å². The summed E-state index contributed by atoms with van der Waals surface area (Å²) >= 11 is 0. The minimum absolute atomic E-state index is 0.0141. The second kappa shape index (κ2) is 5.36. The lowest BCUT2D eigenvalue weighted by Gasteiger charge is -2.23. The number of hydrogen-bond acceptors (Lipinski definition) is 4. The van der Waals surface area contributed by atoms with E-state index in [1.165, 1.54) is 0 Å². The molecule has 0 bridgehead atoms. The van der Waals surface area contributed by atoms with E-state index in [1.54, 1.807) is 12.3 Å². The van der Waals surface area contributed by atoms with Crippen molar-refractivity contribution in [2.75, 3.05) is 13.2 Å². The number of carboxylic acids is 1. The van der Waals surface area contributed by atoms with Crippen LogP contribution in [-0.4, -0.2) is 40.7 Å². The molecular weight excluding hydrogens is 248 g/mol. The van der Waals surface area contributed by atoms with Gasteiger partial charge in [-0.25, -0.2) is 4.79 Å². The van der Waals surface area contributed by atoms with Crippen LogP contribution in [0.4, 0.5) is 0 Å². The van der Waals surface area contributed by atoms with Gasteiger partial charge in [-0.1, -0.05) is 6.07 Å². The molecule has 1 fully saturated rings. The van der Waals surface area contributed by atoms with E-state index in [0.717, 1.165) is 11.3 Å². The number of rotatable bonds is 4. The fourth-order valence-electron chi connectivity index (χ4n) is 1.99. The summed E-state index contributed by atoms with van der Waals surface area (Å²) in [5.74, 6) is -1.39. The van der Waals surface area contributed by atoms with E-state index in [9.17, 15) is 14.7 Å². The van der Waals surface area contributed by atoms with E-state index in [0.29, 0.717) is 13.0 Å². The van der Waals surface area contributed by atoms with Crippen molar-refractivity contribution >= 4 is 11.9 Å². The highest BCUT2D eigenvalue weighted by Gasteiger charge is 2.43. The molecule has 2 rings (SSSR count). The Labute approximate surface area is 110 Å². The molecule has 6 nitrogen and oxygen atoms in total. The number of carbonyl (C=O) groups excluding carboxylic acids is 1. The smallest absolute Gasteiger partial charge is 0.331 e. The summed E-state index contributed by atoms with van der Waals surface area (Å²) in [4.78, 5) is 27.2. The van der Waals surface area contributed by atoms with Crippen molar-refractivity contribution in [2.24, 2.45) is 0 Å². The van der Waals surface area contributed by atoms with Crippen LogP contribution in [0.3, 0.4) is 0 Å². The van der Waals surface area contributed by atoms with E-state index in [4.69, 9.17) is 4.74 Å². The molecule has 2 N–H and O–H groups in total. The van der Waals surface area contributed by atoms with Gasteiger partial charge >= 0.3 is 5.97 Å². The molecule has 0 aliphatic carbocycles. The van der Waals surface area contributed by atoms with Crippen LogP contribution in [0.2, 0.25) is 0 Å². The van der Waals surface area contributed by atoms with E-state index >= 15 is 0 Å². The Hall–Kier alpha value is -1.95. The highest BCUT2D eigenvalue weighted by Crippen LogP contribution is 2.19. The molecule has 6 heteroatoms. The summed E-state index contributed by atoms with van der Waals surface area (Å²) in [6, 6.07) is 3.62. The molecule has 1 aliphatic rings. The lowest BCUT2D eigenvalue weighted by molar-refractivity contribution is -0.147. The molecule has 1 saturated heterocycles. The van der Waals surface area contributed by atoms with E-state index in [1.807, 2.05) is 13.0 Å². The number of aromatic nitrogens is 1. The highest BCUT2D eigenvalue weighted by atomic mass is 16.5. The Balaban J connectivity index is 2.00. The third-order valence-electron chi connectivity index (χ3n) is 3.15. The summed E-state index contributed by atoms with van der Waals surface area (Å²) in [6.45, 7) is 2.22. The number of aliphatic carboxylic acids is 1. The minimum Gasteiger partial charge on any atom is -0.479 e. The fourth-order valence-corrected chi connectivity index (χ4v) is 1.99. The van der Waals surface area contributed by atoms with Crippen molar-refractivity contribution in [3.63, 3.8) is 0 Å². The molecule has 1 aromatic rings. The minimum atomic E-state index is -1.28. The van der Waals surface area contributed by atoms with Gasteiger partial charge in [0, 0.05) is 24.9 Å². The number of aryl methyl sites for hydroxylation is 1. The zero-order valence-electron chi connectivity index (χ0n) is 10.7. The molecule has 1 atom stereocenters. The number of nitrogens with one attached hydrogen (secondary N) is 1. The maximum Gasteiger partial charge on any atom is 0.331 e. The Morgan fingerprint density at radius 3 is 2.84 bits per heavy atom. The van der Waals surface area contributed by atoms with E-state index < -0.39 is 11.5 Å². The molecule has 1 aliphatic heterocycles. The first-order valence-electron chi connectivity index (χ1n) is 6.05. The van der Waals surface area contributed by atoms with Crippen molar-refractivity contribution in [3.8, 4) is 0 Å². The Morgan fingerprint density at radius 1 is 1.53 bits per heavy atom. The highest BCUT2D eigenvalue weighted by molar-refractivity contribution is 5.88. The Kier molecular flexibility index (Phi) is 3.80. The van der Waals surface area contributed by atoms with Gasteiger partial charge < -0.3 is 15.2 Å². The molecule has 102 valence electrons. The van der Waals surface area contributed by atoms with Gasteiger partial charge in [0.1, 0.15) is 0 Å². The van der Waals surface area contributed by atoms with Gasteiger partial charge in [-0.2, -0.15) is 0 Å². The third-order valence-corrected chi connectivity index (χ3v) is 3.15. The number of nitrogens with zero attached hydrogens (tertiary/aromatic N) is 1. The van der Waals surface area contributed by atoms with Gasteiger partial charge in [-0.15, -0.1) is 0 Å². The average Bonchev–Trinajstić information content (AvgIpc) is 2.82. The van der Waals surface area contributed by atoms with E-state index in [2.05, 4.69) is 10.3 Å². The van der Waals surface area contributed by atoms with Crippen LogP contribution >= 0.6 is 0 Å². The molecule has 19 heavy (non-hydrogen) atoms. The third kappa shape index (κ3) is 3.08. The normalized spacial score (nSPS) is 22.2. The number of carbonyl (C=O) groups is 2. The monoisotopic (exact) mass is 264 g/mol. The van der Waals surface area contributed by atoms with Crippen LogP contribution in [-0.2, 0) is 20.7 Å². The summed E-state index contributed by atoms with van der Waals surface area (Å²) < 4.78 is 5.08. The van der Waals surface area contributed by atoms with Crippen molar-refractivity contribution in [3.05, 3.63) is 29.6 Å². The number of hydrogen-bond donors (Lipinski definition) is 2. The first-order valence-corrected chi connectivity index (χ1v) is 6.05. The second-order valence-electron chi connectivity index (χ2n) is 4.72. The lowest BCUT2D eigenvalue weighted by Crippen LogP contribution is -2.55. The van der Waals surface area contributed by atoms with Crippen molar-refractivity contribution in [2.45, 2.75) is 25.3 Å². The van der Waals surface area contributed by atoms with Crippen molar-refractivity contribution in [1.82, 2.24) is 10.3 Å². The molecule has 0 radical (unpaired) electrons. The molecule has 0 spiro atoms. The summed E-state index contributed by atoms with van der Waals surface area (Å²) in [5.41, 5.74) is 0.341. The second-order valence-corrected chi connectivity index (χ2v) is 4.72. The van der Waals surface area contributed by atoms with Crippen LogP contribution in [0.25, 0.3) is 0 Å². The predicted octanol–water partition coefficient (Wildman–Crippen LogP) is 0.292. The van der Waals surface area contributed by atoms with E-state index in [-0.39, 0.29) is 18.9 Å². The lowest BCUT2D eigenvalue weighted by atomic mass is 9.98. The Morgan fingerprint density at radius 2 is 2.32 bits per heavy atom. The topological polar surface area (TPSA) is 88.5 Å². The fraction of sp³-hybridized carbons (Fsp3) is 0.462. The maximum absolute atomic E-state index is 11.9. The number of ether oxygens (including phenoxy) is 1. The van der Waals surface area contributed by atoms with Gasteiger partial charge in [0.25, 0.3) is 0 Å². The summed E-state index contributed by atoms with van der Waals surface area (Å²) in [5, 5.41) is 11.8. The quantitative estimate of drug-likeness (QED) is 0.816. The Bertz CT molecular complexity index is 478. The van der Waals surface area contributed by atoms with Crippen LogP contribution in [0.5, 0.6) is 0 Å². The van der Waals surface area contributed by atoms with Crippen LogP contribution < -0.4 is 5.32 Å². The van der Waals surface area contributed by atoms with Crippen LogP contribution in [0.15, 0.2) is 18.3 Å². The number of carboxylic acid groups (broad SMARTS) is 1. The largest absolute Gasteiger partial charge is 0.479 e. The molecule has 1 amide bonds. The van der Waals surface area contributed by atoms with Gasteiger partial charge in [-0.05, 0) is 18.6 Å². The average molecular weight is 264 g/mol. The number of amides is 1. The van der Waals surface area contributed by atoms with Gasteiger partial charge in [0.2, 0.25) is 5.91 Å². The summed E-state index contributed by atoms with van der Waals surface area (Å²) in [7, 11) is 0. The zero-order valence-corrected chi connectivity index (χ0v) is 10.7. The molecule has 1 aromatic heterocycles. The SMILES string of the molecule is Cc1ccc(CC(=O)NC2(C(=O)O)CCOC2)cn1. The molecule has 0 saturated carbocycles. The first-order chi connectivity index (χ1) is 9.02. The standard InChI is InChI=1S/C13H16N2O4/c1-9-2-3-10(7-14-9)6-11(16)15-13(12(17)18)4-5-19-8-13/h2-3,7H,4-6,8H2,1H3,(H,15,16)(H,17,18).